The number of hydrogen-bond donors (Lipinski definition) is 2. The third-order valence-corrected chi connectivity index (χ3v) is 5.44. The molecule has 166 valence electrons. The van der Waals surface area contributed by atoms with E-state index in [9.17, 15) is 14.7 Å². The number of nitrogens with one attached hydrogen (secondary N) is 1. The lowest BCUT2D eigenvalue weighted by Crippen LogP contribution is -2.42. The van der Waals surface area contributed by atoms with Crippen LogP contribution in [0.3, 0.4) is 0 Å². The molecule has 3 aromatic rings. The lowest BCUT2D eigenvalue weighted by molar-refractivity contribution is 0.0687. The molecule has 1 aliphatic rings. The number of amides is 2. The summed E-state index contributed by atoms with van der Waals surface area (Å²) in [5, 5.41) is 16.9. The lowest BCUT2D eigenvalue weighted by Gasteiger charge is -2.28. The molecule has 0 spiro atoms. The van der Waals surface area contributed by atoms with E-state index in [-0.39, 0.29) is 18.3 Å². The third kappa shape index (κ3) is 4.09. The van der Waals surface area contributed by atoms with Gasteiger partial charge in [0.1, 0.15) is 0 Å². The molecule has 2 N–H and O–H groups in total. The Morgan fingerprint density at radius 3 is 2.53 bits per heavy atom. The summed E-state index contributed by atoms with van der Waals surface area (Å²) in [6, 6.07) is 14.6. The molecule has 0 aliphatic carbocycles. The van der Waals surface area contributed by atoms with Crippen LogP contribution in [0, 0.1) is 0 Å². The lowest BCUT2D eigenvalue weighted by atomic mass is 10.1. The molecule has 0 saturated carbocycles. The highest BCUT2D eigenvalue weighted by Gasteiger charge is 2.30. The minimum absolute atomic E-state index is 0.0266. The van der Waals surface area contributed by atoms with Crippen molar-refractivity contribution in [1.29, 1.82) is 0 Å². The number of urea groups is 1. The maximum atomic E-state index is 12.8. The fourth-order valence-corrected chi connectivity index (χ4v) is 3.83. The predicted molar refractivity (Wildman–Crippen MR) is 116 cm³/mol. The molecule has 4 rings (SSSR count). The van der Waals surface area contributed by atoms with Gasteiger partial charge in [-0.1, -0.05) is 24.3 Å². The molecule has 2 heterocycles. The minimum Gasteiger partial charge on any atom is -0.493 e. The number of carbonyl (C=O) groups excluding carboxylic acids is 1. The van der Waals surface area contributed by atoms with E-state index in [0.717, 1.165) is 16.9 Å². The number of aromatic carboxylic acids is 1. The zero-order valence-electron chi connectivity index (χ0n) is 17.9. The van der Waals surface area contributed by atoms with Gasteiger partial charge in [-0.3, -0.25) is 0 Å². The number of carboxylic acids is 1. The molecule has 1 aliphatic heterocycles. The van der Waals surface area contributed by atoms with Crippen molar-refractivity contribution in [3.8, 4) is 17.2 Å². The van der Waals surface area contributed by atoms with Crippen LogP contribution in [0.5, 0.6) is 11.5 Å². The summed E-state index contributed by atoms with van der Waals surface area (Å²) in [7, 11) is 3.12. The molecular weight excluding hydrogens is 412 g/mol. The molecule has 0 fully saturated rings. The quantitative estimate of drug-likeness (QED) is 0.616. The van der Waals surface area contributed by atoms with Crippen molar-refractivity contribution >= 4 is 12.0 Å². The molecular formula is C23H24N4O5. The van der Waals surface area contributed by atoms with Gasteiger partial charge in [-0.25, -0.2) is 14.3 Å². The molecule has 0 atom stereocenters. The number of carbonyl (C=O) groups is 2. The van der Waals surface area contributed by atoms with E-state index in [2.05, 4.69) is 10.4 Å². The second kappa shape index (κ2) is 9.01. The SMILES string of the molecule is COc1ccc(CNC(=O)N2CCc3c(c(C(=O)O)nn3-c3ccccc3)C2)cc1OC. The number of benzene rings is 2. The number of rotatable bonds is 6. The van der Waals surface area contributed by atoms with Crippen molar-refractivity contribution in [2.24, 2.45) is 0 Å². The zero-order chi connectivity index (χ0) is 22.7. The number of fused-ring (bicyclic) bond motifs is 1. The van der Waals surface area contributed by atoms with E-state index in [1.165, 1.54) is 0 Å². The van der Waals surface area contributed by atoms with Gasteiger partial charge in [-0.2, -0.15) is 5.10 Å². The maximum Gasteiger partial charge on any atom is 0.356 e. The Bertz CT molecular complexity index is 1140. The summed E-state index contributed by atoms with van der Waals surface area (Å²) < 4.78 is 12.2. The van der Waals surface area contributed by atoms with E-state index in [4.69, 9.17) is 9.47 Å². The number of methoxy groups -OCH3 is 2. The van der Waals surface area contributed by atoms with E-state index < -0.39 is 5.97 Å². The third-order valence-electron chi connectivity index (χ3n) is 5.44. The standard InChI is InChI=1S/C23H24N4O5/c1-31-19-9-8-15(12-20(19)32-2)13-24-23(30)26-11-10-18-17(14-26)21(22(28)29)25-27(18)16-6-4-3-5-7-16/h3-9,12H,10-11,13-14H2,1-2H3,(H,24,30)(H,28,29). The molecule has 0 bridgehead atoms. The summed E-state index contributed by atoms with van der Waals surface area (Å²) in [6.07, 6.45) is 0.508. The van der Waals surface area contributed by atoms with Crippen molar-refractivity contribution in [2.75, 3.05) is 20.8 Å². The van der Waals surface area contributed by atoms with E-state index in [1.54, 1.807) is 35.9 Å². The van der Waals surface area contributed by atoms with Gasteiger partial charge < -0.3 is 24.8 Å². The Labute approximate surface area is 185 Å². The molecule has 0 unspecified atom stereocenters. The van der Waals surface area contributed by atoms with Gasteiger partial charge in [0, 0.05) is 25.1 Å². The highest BCUT2D eigenvalue weighted by atomic mass is 16.5. The number of aromatic nitrogens is 2. The second-order valence-corrected chi connectivity index (χ2v) is 7.35. The van der Waals surface area contributed by atoms with Crippen molar-refractivity contribution in [2.45, 2.75) is 19.5 Å². The normalized spacial score (nSPS) is 12.8. The molecule has 9 nitrogen and oxygen atoms in total. The van der Waals surface area contributed by atoms with Crippen LogP contribution in [0.15, 0.2) is 48.5 Å². The number of nitrogens with zero attached hydrogens (tertiary/aromatic N) is 3. The average Bonchev–Trinajstić information content (AvgIpc) is 3.22. The smallest absolute Gasteiger partial charge is 0.356 e. The van der Waals surface area contributed by atoms with Crippen molar-refractivity contribution in [3.63, 3.8) is 0 Å². The predicted octanol–water partition coefficient (Wildman–Crippen LogP) is 2.86. The first-order chi connectivity index (χ1) is 15.5. The maximum absolute atomic E-state index is 12.8. The van der Waals surface area contributed by atoms with Crippen LogP contribution in [0.25, 0.3) is 5.69 Å². The molecule has 0 saturated heterocycles. The Hall–Kier alpha value is -4.01. The van der Waals surface area contributed by atoms with Gasteiger partial charge in [0.2, 0.25) is 0 Å². The van der Waals surface area contributed by atoms with Crippen LogP contribution in [-0.2, 0) is 19.5 Å². The van der Waals surface area contributed by atoms with Crippen molar-refractivity contribution < 1.29 is 24.2 Å². The van der Waals surface area contributed by atoms with Crippen LogP contribution >= 0.6 is 0 Å². The van der Waals surface area contributed by atoms with Gasteiger partial charge in [-0.15, -0.1) is 0 Å². The zero-order valence-corrected chi connectivity index (χ0v) is 17.9. The summed E-state index contributed by atoms with van der Waals surface area (Å²) in [6.45, 7) is 0.946. The number of ether oxygens (including phenoxy) is 2. The number of para-hydroxylation sites is 1. The second-order valence-electron chi connectivity index (χ2n) is 7.35. The summed E-state index contributed by atoms with van der Waals surface area (Å²) in [5.74, 6) is 0.0903. The Morgan fingerprint density at radius 1 is 1.09 bits per heavy atom. The van der Waals surface area contributed by atoms with Crippen LogP contribution in [-0.4, -0.2) is 52.6 Å². The topological polar surface area (TPSA) is 106 Å². The Balaban J connectivity index is 1.50. The number of carboxylic acid groups (broad SMARTS) is 1. The molecule has 2 aromatic carbocycles. The molecule has 2 amide bonds. The Kier molecular flexibility index (Phi) is 5.98. The van der Waals surface area contributed by atoms with Crippen LogP contribution in [0.1, 0.15) is 27.3 Å². The number of hydrogen-bond acceptors (Lipinski definition) is 5. The van der Waals surface area contributed by atoms with E-state index in [1.807, 2.05) is 36.4 Å². The van der Waals surface area contributed by atoms with Gasteiger partial charge in [0.15, 0.2) is 17.2 Å². The first-order valence-electron chi connectivity index (χ1n) is 10.1. The Morgan fingerprint density at radius 2 is 1.84 bits per heavy atom. The first-order valence-corrected chi connectivity index (χ1v) is 10.1. The molecule has 1 aromatic heterocycles. The molecule has 32 heavy (non-hydrogen) atoms. The van der Waals surface area contributed by atoms with Crippen molar-refractivity contribution in [1.82, 2.24) is 20.0 Å². The average molecular weight is 436 g/mol. The first kappa shape index (κ1) is 21.2. The van der Waals surface area contributed by atoms with Gasteiger partial charge in [0.05, 0.1) is 32.1 Å². The fourth-order valence-electron chi connectivity index (χ4n) is 3.83. The largest absolute Gasteiger partial charge is 0.493 e. The molecule has 9 heteroatoms. The monoisotopic (exact) mass is 436 g/mol. The summed E-state index contributed by atoms with van der Waals surface area (Å²) in [5.41, 5.74) is 3.01. The minimum atomic E-state index is -1.11. The highest BCUT2D eigenvalue weighted by Crippen LogP contribution is 2.28. The van der Waals surface area contributed by atoms with Crippen LogP contribution < -0.4 is 14.8 Å². The van der Waals surface area contributed by atoms with Crippen molar-refractivity contribution in [3.05, 3.63) is 71.0 Å². The van der Waals surface area contributed by atoms with Crippen LogP contribution in [0.2, 0.25) is 0 Å². The summed E-state index contributed by atoms with van der Waals surface area (Å²) >= 11 is 0. The fraction of sp³-hybridized carbons (Fsp3) is 0.261. The molecule has 0 radical (unpaired) electrons. The van der Waals surface area contributed by atoms with Gasteiger partial charge >= 0.3 is 12.0 Å². The van der Waals surface area contributed by atoms with E-state index >= 15 is 0 Å². The highest BCUT2D eigenvalue weighted by molar-refractivity contribution is 5.88. The van der Waals surface area contributed by atoms with Gasteiger partial charge in [-0.05, 0) is 29.8 Å². The summed E-state index contributed by atoms with van der Waals surface area (Å²) in [4.78, 5) is 26.2. The van der Waals surface area contributed by atoms with Gasteiger partial charge in [0.25, 0.3) is 0 Å². The van der Waals surface area contributed by atoms with E-state index in [0.29, 0.717) is 36.6 Å². The van der Waals surface area contributed by atoms with Crippen LogP contribution in [0.4, 0.5) is 4.79 Å².